The maximum Gasteiger partial charge on any atom is 0.307 e. The number of rotatable bonds is 3. The van der Waals surface area contributed by atoms with Crippen molar-refractivity contribution in [3.8, 4) is 0 Å². The van der Waals surface area contributed by atoms with E-state index in [2.05, 4.69) is 10.3 Å². The van der Waals surface area contributed by atoms with E-state index in [0.717, 1.165) is 28.6 Å². The minimum atomic E-state index is -0.875. The molecule has 0 aliphatic heterocycles. The number of carboxylic acid groups (broad SMARTS) is 1. The van der Waals surface area contributed by atoms with Gasteiger partial charge in [0.05, 0.1) is 22.1 Å². The summed E-state index contributed by atoms with van der Waals surface area (Å²) in [6, 6.07) is 5.94. The highest BCUT2D eigenvalue weighted by atomic mass is 32.1. The first kappa shape index (κ1) is 15.0. The van der Waals surface area contributed by atoms with Crippen LogP contribution in [0.25, 0.3) is 10.2 Å². The van der Waals surface area contributed by atoms with E-state index in [1.165, 1.54) is 11.3 Å². The van der Waals surface area contributed by atoms with Crippen LogP contribution >= 0.6 is 11.3 Å². The Kier molecular flexibility index (Phi) is 4.11. The molecule has 5 nitrogen and oxygen atoms in total. The van der Waals surface area contributed by atoms with Gasteiger partial charge in [-0.2, -0.15) is 0 Å². The molecule has 116 valence electrons. The number of fused-ring (bicyclic) bond motifs is 1. The Morgan fingerprint density at radius 3 is 2.73 bits per heavy atom. The molecule has 1 aromatic heterocycles. The second kappa shape index (κ2) is 6.04. The lowest BCUT2D eigenvalue weighted by molar-refractivity contribution is -0.147. The highest BCUT2D eigenvalue weighted by Gasteiger charge is 2.35. The fraction of sp³-hybridized carbons (Fsp3) is 0.438. The number of aryl methyl sites for hydroxylation is 1. The van der Waals surface area contributed by atoms with Crippen LogP contribution in [0.15, 0.2) is 18.2 Å². The van der Waals surface area contributed by atoms with Gasteiger partial charge >= 0.3 is 5.97 Å². The van der Waals surface area contributed by atoms with E-state index < -0.39 is 17.8 Å². The average Bonchev–Trinajstić information content (AvgIpc) is 2.88. The predicted molar refractivity (Wildman–Crippen MR) is 86.1 cm³/mol. The molecule has 1 amide bonds. The monoisotopic (exact) mass is 318 g/mol. The largest absolute Gasteiger partial charge is 0.481 e. The van der Waals surface area contributed by atoms with E-state index in [0.29, 0.717) is 18.0 Å². The molecule has 3 rings (SSSR count). The van der Waals surface area contributed by atoms with Gasteiger partial charge in [-0.3, -0.25) is 9.59 Å². The van der Waals surface area contributed by atoms with Gasteiger partial charge in [0.25, 0.3) is 0 Å². The highest BCUT2D eigenvalue weighted by molar-refractivity contribution is 7.22. The third-order valence-electron chi connectivity index (χ3n) is 4.19. The third kappa shape index (κ3) is 2.97. The summed E-state index contributed by atoms with van der Waals surface area (Å²) < 4.78 is 1.02. The van der Waals surface area contributed by atoms with Gasteiger partial charge < -0.3 is 10.4 Å². The maximum absolute atomic E-state index is 12.4. The number of hydrogen-bond donors (Lipinski definition) is 2. The molecule has 1 aromatic carbocycles. The van der Waals surface area contributed by atoms with Crippen LogP contribution in [0.3, 0.4) is 0 Å². The van der Waals surface area contributed by atoms with Gasteiger partial charge in [0, 0.05) is 0 Å². The van der Waals surface area contributed by atoms with Crippen LogP contribution < -0.4 is 5.32 Å². The van der Waals surface area contributed by atoms with Crippen molar-refractivity contribution in [2.24, 2.45) is 11.8 Å². The van der Waals surface area contributed by atoms with Gasteiger partial charge in [-0.15, -0.1) is 0 Å². The maximum atomic E-state index is 12.4. The lowest BCUT2D eigenvalue weighted by Crippen LogP contribution is -2.36. The summed E-state index contributed by atoms with van der Waals surface area (Å²) in [5.41, 5.74) is 2.00. The number of amides is 1. The second-order valence-electron chi connectivity index (χ2n) is 5.82. The van der Waals surface area contributed by atoms with E-state index in [-0.39, 0.29) is 5.91 Å². The van der Waals surface area contributed by atoms with E-state index in [4.69, 9.17) is 0 Å². The number of aromatic nitrogens is 1. The molecule has 1 aliphatic rings. The van der Waals surface area contributed by atoms with Crippen molar-refractivity contribution in [2.45, 2.75) is 32.6 Å². The van der Waals surface area contributed by atoms with Gasteiger partial charge in [0.1, 0.15) is 0 Å². The van der Waals surface area contributed by atoms with Crippen LogP contribution in [0, 0.1) is 18.8 Å². The van der Waals surface area contributed by atoms with Crippen molar-refractivity contribution >= 4 is 38.6 Å². The van der Waals surface area contributed by atoms with Crippen LogP contribution in [-0.4, -0.2) is 22.0 Å². The summed E-state index contributed by atoms with van der Waals surface area (Å²) in [6.45, 7) is 2.01. The van der Waals surface area contributed by atoms with Crippen LogP contribution in [0.1, 0.15) is 31.2 Å². The molecule has 1 aliphatic carbocycles. The fourth-order valence-corrected chi connectivity index (χ4v) is 3.99. The van der Waals surface area contributed by atoms with Crippen LogP contribution in [-0.2, 0) is 9.59 Å². The molecule has 1 fully saturated rings. The van der Waals surface area contributed by atoms with Crippen molar-refractivity contribution in [1.29, 1.82) is 0 Å². The minimum Gasteiger partial charge on any atom is -0.481 e. The average molecular weight is 318 g/mol. The lowest BCUT2D eigenvalue weighted by Gasteiger charge is -2.26. The van der Waals surface area contributed by atoms with Gasteiger partial charge in [0.2, 0.25) is 5.91 Å². The highest BCUT2D eigenvalue weighted by Crippen LogP contribution is 2.32. The number of nitrogens with one attached hydrogen (secondary N) is 1. The summed E-state index contributed by atoms with van der Waals surface area (Å²) in [4.78, 5) is 28.1. The Balaban J connectivity index is 1.78. The SMILES string of the molecule is Cc1ccc2nc(NC(=O)[C@@H]3CCCC[C@H]3C(=O)O)sc2c1. The van der Waals surface area contributed by atoms with Gasteiger partial charge in [-0.05, 0) is 37.5 Å². The number of benzene rings is 1. The number of aliphatic carboxylic acids is 1. The summed E-state index contributed by atoms with van der Waals surface area (Å²) in [5, 5.41) is 12.6. The molecule has 0 bridgehead atoms. The van der Waals surface area contributed by atoms with Crippen molar-refractivity contribution in [1.82, 2.24) is 4.98 Å². The number of carbonyl (C=O) groups excluding carboxylic acids is 1. The van der Waals surface area contributed by atoms with Crippen molar-refractivity contribution in [2.75, 3.05) is 5.32 Å². The first-order chi connectivity index (χ1) is 10.5. The standard InChI is InChI=1S/C16H18N2O3S/c1-9-6-7-12-13(8-9)22-16(17-12)18-14(19)10-4-2-3-5-11(10)15(20)21/h6-8,10-11H,2-5H2,1H3,(H,20,21)(H,17,18,19)/t10-,11-/m1/s1. The molecule has 0 saturated heterocycles. The van der Waals surface area contributed by atoms with Crippen molar-refractivity contribution in [3.05, 3.63) is 23.8 Å². The number of nitrogens with zero attached hydrogens (tertiary/aromatic N) is 1. The third-order valence-corrected chi connectivity index (χ3v) is 5.13. The Labute approximate surface area is 132 Å². The van der Waals surface area contributed by atoms with E-state index in [1.54, 1.807) is 0 Å². The van der Waals surface area contributed by atoms with E-state index in [1.807, 2.05) is 25.1 Å². The van der Waals surface area contributed by atoms with Crippen molar-refractivity contribution < 1.29 is 14.7 Å². The van der Waals surface area contributed by atoms with Gasteiger partial charge in [0.15, 0.2) is 5.13 Å². The number of hydrogen-bond acceptors (Lipinski definition) is 4. The van der Waals surface area contributed by atoms with Crippen LogP contribution in [0.5, 0.6) is 0 Å². The number of carboxylic acids is 1. The molecule has 1 heterocycles. The van der Waals surface area contributed by atoms with Gasteiger partial charge in [-0.1, -0.05) is 30.2 Å². The van der Waals surface area contributed by atoms with E-state index >= 15 is 0 Å². The Morgan fingerprint density at radius 2 is 2.00 bits per heavy atom. The minimum absolute atomic E-state index is 0.220. The molecule has 2 atom stereocenters. The zero-order valence-electron chi connectivity index (χ0n) is 12.3. The predicted octanol–water partition coefficient (Wildman–Crippen LogP) is 3.43. The lowest BCUT2D eigenvalue weighted by atomic mass is 9.79. The summed E-state index contributed by atoms with van der Waals surface area (Å²) in [6.07, 6.45) is 2.99. The molecular formula is C16H18N2O3S. The molecule has 2 aromatic rings. The van der Waals surface area contributed by atoms with Crippen LogP contribution in [0.2, 0.25) is 0 Å². The molecule has 2 N–H and O–H groups in total. The van der Waals surface area contributed by atoms with Crippen LogP contribution in [0.4, 0.5) is 5.13 Å². The second-order valence-corrected chi connectivity index (χ2v) is 6.85. The fourth-order valence-electron chi connectivity index (χ4n) is 3.02. The van der Waals surface area contributed by atoms with E-state index in [9.17, 15) is 14.7 Å². The number of anilines is 1. The van der Waals surface area contributed by atoms with Gasteiger partial charge in [-0.25, -0.2) is 4.98 Å². The first-order valence-electron chi connectivity index (χ1n) is 7.45. The molecule has 22 heavy (non-hydrogen) atoms. The zero-order valence-corrected chi connectivity index (χ0v) is 13.2. The molecule has 1 saturated carbocycles. The normalized spacial score (nSPS) is 21.7. The number of carbonyl (C=O) groups is 2. The Morgan fingerprint density at radius 1 is 1.27 bits per heavy atom. The molecule has 0 radical (unpaired) electrons. The summed E-state index contributed by atoms with van der Waals surface area (Å²) >= 11 is 1.42. The smallest absolute Gasteiger partial charge is 0.307 e. The van der Waals surface area contributed by atoms with Crippen molar-refractivity contribution in [3.63, 3.8) is 0 Å². The summed E-state index contributed by atoms with van der Waals surface area (Å²) in [5.74, 6) is -2.13. The Bertz CT molecular complexity index is 725. The summed E-state index contributed by atoms with van der Waals surface area (Å²) in [7, 11) is 0. The quantitative estimate of drug-likeness (QED) is 0.908. The molecule has 0 unspecified atom stereocenters. The molecule has 0 spiro atoms. The first-order valence-corrected chi connectivity index (χ1v) is 8.27. The number of thiazole rings is 1. The topological polar surface area (TPSA) is 79.3 Å². The molecule has 6 heteroatoms. The molecular weight excluding hydrogens is 300 g/mol. The Hall–Kier alpha value is -1.95. The zero-order chi connectivity index (χ0) is 15.7.